The number of carbonyl (C=O) groups is 1. The Morgan fingerprint density at radius 2 is 2.02 bits per heavy atom. The molecule has 0 unspecified atom stereocenters. The standard InChI is InChI=1S/C33H35F3N6O3/c1-2-22-25(35)7-6-18-11-21(43)12-23(26(18)22)28-27(36)29-24(14-38-28)31(41-9-3-5-19(15-41)30(37)44)40-32(39-29)45-17-33-8-4-10-42(33)16-20(34)13-33/h6-7,11-12,14,19-20,43H,2-5,8-10,13,15-17H2,1H3,(H2,37,44)/t19-,20-,33+/m1/s1. The maximum atomic E-state index is 16.8. The lowest BCUT2D eigenvalue weighted by atomic mass is 9.94. The van der Waals surface area contributed by atoms with Crippen LogP contribution in [0.3, 0.4) is 0 Å². The van der Waals surface area contributed by atoms with Crippen LogP contribution >= 0.6 is 0 Å². The van der Waals surface area contributed by atoms with Crippen molar-refractivity contribution >= 4 is 33.4 Å². The van der Waals surface area contributed by atoms with E-state index in [0.29, 0.717) is 72.9 Å². The summed E-state index contributed by atoms with van der Waals surface area (Å²) in [6, 6.07) is 5.68. The molecule has 12 heteroatoms. The highest BCUT2D eigenvalue weighted by Crippen LogP contribution is 2.42. The van der Waals surface area contributed by atoms with E-state index in [4.69, 9.17) is 10.5 Å². The Morgan fingerprint density at radius 1 is 1.18 bits per heavy atom. The van der Waals surface area contributed by atoms with Gasteiger partial charge < -0.3 is 20.5 Å². The number of aromatic nitrogens is 3. The summed E-state index contributed by atoms with van der Waals surface area (Å²) in [6.45, 7) is 3.95. The van der Waals surface area contributed by atoms with Crippen molar-refractivity contribution in [3.8, 4) is 23.0 Å². The minimum absolute atomic E-state index is 0.0669. The Balaban J connectivity index is 1.38. The molecule has 45 heavy (non-hydrogen) atoms. The zero-order valence-corrected chi connectivity index (χ0v) is 25.0. The fraction of sp³-hybridized carbons (Fsp3) is 0.455. The summed E-state index contributed by atoms with van der Waals surface area (Å²) in [5, 5.41) is 11.9. The lowest BCUT2D eigenvalue weighted by molar-refractivity contribution is -0.122. The Labute approximate surface area is 258 Å². The molecular weight excluding hydrogens is 585 g/mol. The number of aryl methyl sites for hydroxylation is 1. The number of nitrogens with zero attached hydrogens (tertiary/aromatic N) is 5. The third-order valence-corrected chi connectivity index (χ3v) is 9.76. The third-order valence-electron chi connectivity index (χ3n) is 9.76. The number of primary amides is 1. The number of pyridine rings is 1. The van der Waals surface area contributed by atoms with Crippen LogP contribution in [0.4, 0.5) is 19.0 Å². The van der Waals surface area contributed by atoms with Crippen molar-refractivity contribution < 1.29 is 27.8 Å². The van der Waals surface area contributed by atoms with Gasteiger partial charge in [0.15, 0.2) is 5.82 Å². The molecule has 3 aliphatic rings. The summed E-state index contributed by atoms with van der Waals surface area (Å²) >= 11 is 0. The van der Waals surface area contributed by atoms with Gasteiger partial charge in [0.2, 0.25) is 5.91 Å². The Hall–Kier alpha value is -4.19. The molecule has 3 fully saturated rings. The SMILES string of the molecule is CCc1c(F)ccc2cc(O)cc(-c3ncc4c(N5CCC[C@@H](C(N)=O)C5)nc(OC[C@@]56CCCN5C[C@H](F)C6)nc4c3F)c12. The van der Waals surface area contributed by atoms with Gasteiger partial charge in [0.05, 0.1) is 16.8 Å². The Kier molecular flexibility index (Phi) is 7.42. The first-order chi connectivity index (χ1) is 21.7. The number of phenolic OH excluding ortho intramolecular Hbond substituents is 1. The number of anilines is 1. The molecule has 9 nitrogen and oxygen atoms in total. The number of amides is 1. The van der Waals surface area contributed by atoms with Crippen LogP contribution in [0.25, 0.3) is 32.9 Å². The molecule has 3 saturated heterocycles. The number of alkyl halides is 1. The number of fused-ring (bicyclic) bond motifs is 3. The smallest absolute Gasteiger partial charge is 0.319 e. The molecule has 0 saturated carbocycles. The number of ether oxygens (including phenoxy) is 1. The fourth-order valence-electron chi connectivity index (χ4n) is 7.60. The first-order valence-electron chi connectivity index (χ1n) is 15.5. The number of hydrogen-bond acceptors (Lipinski definition) is 8. The molecule has 3 aliphatic heterocycles. The van der Waals surface area contributed by atoms with Crippen molar-refractivity contribution in [1.82, 2.24) is 19.9 Å². The molecule has 7 rings (SSSR count). The topological polar surface area (TPSA) is 118 Å². The minimum Gasteiger partial charge on any atom is -0.508 e. The first kappa shape index (κ1) is 29.5. The van der Waals surface area contributed by atoms with Gasteiger partial charge in [-0.15, -0.1) is 0 Å². The lowest BCUT2D eigenvalue weighted by Crippen LogP contribution is -2.43. The Morgan fingerprint density at radius 3 is 2.82 bits per heavy atom. The molecule has 2 aromatic heterocycles. The monoisotopic (exact) mass is 620 g/mol. The molecular formula is C33H35F3N6O3. The van der Waals surface area contributed by atoms with Crippen LogP contribution in [0, 0.1) is 17.6 Å². The first-order valence-corrected chi connectivity index (χ1v) is 15.5. The molecule has 0 aliphatic carbocycles. The van der Waals surface area contributed by atoms with E-state index in [2.05, 4.69) is 19.9 Å². The number of phenols is 1. The van der Waals surface area contributed by atoms with E-state index in [1.165, 1.54) is 24.4 Å². The second kappa shape index (κ2) is 11.3. The average molecular weight is 621 g/mol. The summed E-state index contributed by atoms with van der Waals surface area (Å²) in [7, 11) is 0. The lowest BCUT2D eigenvalue weighted by Gasteiger charge is -2.33. The molecule has 4 aromatic rings. The van der Waals surface area contributed by atoms with Gasteiger partial charge in [-0.05, 0) is 73.2 Å². The number of carbonyl (C=O) groups excluding carboxylic acids is 1. The molecule has 0 spiro atoms. The van der Waals surface area contributed by atoms with Crippen molar-refractivity contribution in [3.05, 3.63) is 47.7 Å². The van der Waals surface area contributed by atoms with Gasteiger partial charge >= 0.3 is 6.01 Å². The highest BCUT2D eigenvalue weighted by molar-refractivity contribution is 6.01. The van der Waals surface area contributed by atoms with Gasteiger partial charge in [-0.2, -0.15) is 9.97 Å². The van der Waals surface area contributed by atoms with Gasteiger partial charge in [-0.1, -0.05) is 13.0 Å². The zero-order chi connectivity index (χ0) is 31.5. The van der Waals surface area contributed by atoms with E-state index in [-0.39, 0.29) is 35.1 Å². The van der Waals surface area contributed by atoms with Crippen molar-refractivity contribution in [3.63, 3.8) is 0 Å². The summed E-state index contributed by atoms with van der Waals surface area (Å²) in [5.41, 5.74) is 5.62. The number of rotatable bonds is 7. The summed E-state index contributed by atoms with van der Waals surface area (Å²) in [4.78, 5) is 29.8. The second-order valence-corrected chi connectivity index (χ2v) is 12.5. The fourth-order valence-corrected chi connectivity index (χ4v) is 7.60. The van der Waals surface area contributed by atoms with Crippen molar-refractivity contribution in [1.29, 1.82) is 0 Å². The Bertz CT molecular complexity index is 1820. The number of benzene rings is 2. The second-order valence-electron chi connectivity index (χ2n) is 12.5. The maximum absolute atomic E-state index is 16.8. The van der Waals surface area contributed by atoms with E-state index < -0.39 is 35.2 Å². The van der Waals surface area contributed by atoms with Gasteiger partial charge in [0, 0.05) is 37.8 Å². The number of hydrogen-bond donors (Lipinski definition) is 2. The minimum atomic E-state index is -0.942. The van der Waals surface area contributed by atoms with Gasteiger partial charge in [-0.25, -0.2) is 13.2 Å². The van der Waals surface area contributed by atoms with E-state index in [1.807, 2.05) is 4.90 Å². The quantitative estimate of drug-likeness (QED) is 0.295. The van der Waals surface area contributed by atoms with E-state index in [1.54, 1.807) is 13.0 Å². The van der Waals surface area contributed by atoms with Crippen LogP contribution in [-0.2, 0) is 11.2 Å². The number of aromatic hydroxyl groups is 1. The summed E-state index contributed by atoms with van der Waals surface area (Å²) in [5.74, 6) is -1.80. The molecule has 0 bridgehead atoms. The van der Waals surface area contributed by atoms with E-state index in [0.717, 1.165) is 19.4 Å². The average Bonchev–Trinajstić information content (AvgIpc) is 3.55. The van der Waals surface area contributed by atoms with Crippen LogP contribution < -0.4 is 15.4 Å². The predicted molar refractivity (Wildman–Crippen MR) is 164 cm³/mol. The van der Waals surface area contributed by atoms with Crippen LogP contribution in [0.15, 0.2) is 30.5 Å². The van der Waals surface area contributed by atoms with Crippen molar-refractivity contribution in [2.45, 2.75) is 57.2 Å². The molecule has 5 heterocycles. The van der Waals surface area contributed by atoms with Crippen LogP contribution in [0.2, 0.25) is 0 Å². The number of piperidine rings is 1. The zero-order valence-electron chi connectivity index (χ0n) is 25.0. The largest absolute Gasteiger partial charge is 0.508 e. The summed E-state index contributed by atoms with van der Waals surface area (Å²) < 4.78 is 52.3. The van der Waals surface area contributed by atoms with Crippen LogP contribution in [0.1, 0.15) is 44.6 Å². The third kappa shape index (κ3) is 5.08. The molecule has 2 aromatic carbocycles. The predicted octanol–water partition coefficient (Wildman–Crippen LogP) is 5.05. The van der Waals surface area contributed by atoms with Crippen molar-refractivity contribution in [2.24, 2.45) is 11.7 Å². The van der Waals surface area contributed by atoms with E-state index >= 15 is 4.39 Å². The molecule has 3 atom stereocenters. The highest BCUT2D eigenvalue weighted by atomic mass is 19.1. The van der Waals surface area contributed by atoms with Crippen LogP contribution in [0.5, 0.6) is 11.8 Å². The maximum Gasteiger partial charge on any atom is 0.319 e. The number of nitrogens with two attached hydrogens (primary N) is 1. The molecule has 0 radical (unpaired) electrons. The van der Waals surface area contributed by atoms with Gasteiger partial charge in [0.1, 0.15) is 41.4 Å². The molecule has 1 amide bonds. The normalized spacial score (nSPS) is 23.6. The van der Waals surface area contributed by atoms with Crippen molar-refractivity contribution in [2.75, 3.05) is 37.7 Å². The van der Waals surface area contributed by atoms with E-state index in [9.17, 15) is 18.7 Å². The molecule has 3 N–H and O–H groups in total. The highest BCUT2D eigenvalue weighted by Gasteiger charge is 2.49. The molecule has 236 valence electrons. The van der Waals surface area contributed by atoms with Gasteiger partial charge in [0.25, 0.3) is 0 Å². The van der Waals surface area contributed by atoms with Gasteiger partial charge in [-0.3, -0.25) is 14.7 Å². The summed E-state index contributed by atoms with van der Waals surface area (Å²) in [6.07, 6.45) is 4.25. The van der Waals surface area contributed by atoms with Crippen LogP contribution in [-0.4, -0.2) is 75.4 Å². The number of halogens is 3.